The summed E-state index contributed by atoms with van der Waals surface area (Å²) in [5.74, 6) is -0.750. The highest BCUT2D eigenvalue weighted by atomic mass is 32.2. The van der Waals surface area contributed by atoms with Crippen molar-refractivity contribution >= 4 is 10.0 Å². The van der Waals surface area contributed by atoms with Crippen LogP contribution in [0.2, 0.25) is 0 Å². The Hall–Kier alpha value is -1.19. The van der Waals surface area contributed by atoms with Crippen LogP contribution in [-0.2, 0) is 16.6 Å². The van der Waals surface area contributed by atoms with Crippen molar-refractivity contribution in [3.05, 3.63) is 29.1 Å². The lowest BCUT2D eigenvalue weighted by molar-refractivity contribution is -0.137. The fourth-order valence-corrected chi connectivity index (χ4v) is 3.18. The van der Waals surface area contributed by atoms with E-state index in [-0.39, 0.29) is 16.0 Å². The van der Waals surface area contributed by atoms with Crippen LogP contribution in [0, 0.1) is 12.7 Å². The molecule has 0 bridgehead atoms. The Morgan fingerprint density at radius 2 is 1.90 bits per heavy atom. The fraction of sp³-hybridized carbons (Fsp3) is 0.500. The van der Waals surface area contributed by atoms with E-state index in [1.807, 2.05) is 4.72 Å². The van der Waals surface area contributed by atoms with Crippen LogP contribution in [0.15, 0.2) is 17.0 Å². The molecule has 0 saturated carbocycles. The first kappa shape index (κ1) is 17.9. The van der Waals surface area contributed by atoms with Crippen molar-refractivity contribution in [3.8, 4) is 0 Å². The molecular formula is C12H15F4NO3S. The molecule has 0 aliphatic rings. The van der Waals surface area contributed by atoms with Crippen LogP contribution in [0.5, 0.6) is 0 Å². The third kappa shape index (κ3) is 4.94. The molecule has 1 atom stereocenters. The third-order valence-electron chi connectivity index (χ3n) is 2.68. The summed E-state index contributed by atoms with van der Waals surface area (Å²) in [5.41, 5.74) is -0.260. The Bertz CT molecular complexity index is 614. The van der Waals surface area contributed by atoms with Crippen molar-refractivity contribution in [1.29, 1.82) is 0 Å². The molecule has 0 saturated heterocycles. The minimum absolute atomic E-state index is 0.0228. The van der Waals surface area contributed by atoms with E-state index in [9.17, 15) is 26.0 Å². The number of nitrogens with one attached hydrogen (secondary N) is 1. The van der Waals surface area contributed by atoms with Gasteiger partial charge in [0.25, 0.3) is 0 Å². The van der Waals surface area contributed by atoms with Crippen molar-refractivity contribution in [1.82, 2.24) is 4.72 Å². The number of hydrogen-bond acceptors (Lipinski definition) is 3. The highest BCUT2D eigenvalue weighted by Crippen LogP contribution is 2.23. The minimum Gasteiger partial charge on any atom is -0.392 e. The van der Waals surface area contributed by atoms with Gasteiger partial charge in [0.15, 0.2) is 0 Å². The van der Waals surface area contributed by atoms with Crippen LogP contribution < -0.4 is 4.72 Å². The van der Waals surface area contributed by atoms with E-state index >= 15 is 0 Å². The van der Waals surface area contributed by atoms with E-state index in [0.29, 0.717) is 0 Å². The SMILES string of the molecule is Cc1cc(S(=O)(=O)NC(C)CC(F)(F)F)cc(CO)c1F. The van der Waals surface area contributed by atoms with Crippen molar-refractivity contribution in [3.63, 3.8) is 0 Å². The summed E-state index contributed by atoms with van der Waals surface area (Å²) in [5, 5.41) is 8.96. The van der Waals surface area contributed by atoms with Crippen LogP contribution >= 0.6 is 0 Å². The van der Waals surface area contributed by atoms with Gasteiger partial charge in [-0.1, -0.05) is 0 Å². The highest BCUT2D eigenvalue weighted by molar-refractivity contribution is 7.89. The van der Waals surface area contributed by atoms with Gasteiger partial charge in [-0.15, -0.1) is 0 Å². The second kappa shape index (κ2) is 6.29. The summed E-state index contributed by atoms with van der Waals surface area (Å²) in [4.78, 5) is -0.389. The Morgan fingerprint density at radius 1 is 1.33 bits per heavy atom. The zero-order chi connectivity index (χ0) is 16.4. The van der Waals surface area contributed by atoms with Gasteiger partial charge in [-0.05, 0) is 31.5 Å². The second-order valence-corrected chi connectivity index (χ2v) is 6.43. The van der Waals surface area contributed by atoms with E-state index < -0.39 is 41.1 Å². The summed E-state index contributed by atoms with van der Waals surface area (Å²) in [7, 11) is -4.23. The van der Waals surface area contributed by atoms with Crippen molar-refractivity contribution in [2.45, 2.75) is 44.0 Å². The molecule has 0 aliphatic heterocycles. The topological polar surface area (TPSA) is 66.4 Å². The monoisotopic (exact) mass is 329 g/mol. The predicted octanol–water partition coefficient (Wildman–Crippen LogP) is 2.25. The van der Waals surface area contributed by atoms with Gasteiger partial charge in [-0.3, -0.25) is 0 Å². The van der Waals surface area contributed by atoms with Gasteiger partial charge in [0.2, 0.25) is 10.0 Å². The first-order chi connectivity index (χ1) is 9.46. The van der Waals surface area contributed by atoms with Crippen LogP contribution in [0.25, 0.3) is 0 Å². The molecule has 9 heteroatoms. The van der Waals surface area contributed by atoms with E-state index in [2.05, 4.69) is 0 Å². The molecule has 1 aromatic rings. The molecule has 0 radical (unpaired) electrons. The van der Waals surface area contributed by atoms with Crippen LogP contribution in [0.4, 0.5) is 17.6 Å². The maximum Gasteiger partial charge on any atom is 0.390 e. The van der Waals surface area contributed by atoms with Crippen LogP contribution in [0.1, 0.15) is 24.5 Å². The average molecular weight is 329 g/mol. The molecule has 0 spiro atoms. The van der Waals surface area contributed by atoms with E-state index in [1.54, 1.807) is 0 Å². The molecule has 0 aliphatic carbocycles. The predicted molar refractivity (Wildman–Crippen MR) is 67.5 cm³/mol. The zero-order valence-corrected chi connectivity index (χ0v) is 12.1. The summed E-state index contributed by atoms with van der Waals surface area (Å²) in [6, 6.07) is 0.528. The standard InChI is InChI=1S/C12H15F4NO3S/c1-7-3-10(4-9(6-18)11(7)13)21(19,20)17-8(2)5-12(14,15)16/h3-4,8,17-18H,5-6H2,1-2H3. The van der Waals surface area contributed by atoms with Crippen molar-refractivity contribution in [2.24, 2.45) is 0 Å². The lowest BCUT2D eigenvalue weighted by Crippen LogP contribution is -2.36. The number of alkyl halides is 3. The smallest absolute Gasteiger partial charge is 0.390 e. The summed E-state index contributed by atoms with van der Waals surface area (Å²) in [6.07, 6.45) is -5.82. The Kier molecular flexibility index (Phi) is 5.35. The molecule has 1 unspecified atom stereocenters. The molecule has 2 N–H and O–H groups in total. The zero-order valence-electron chi connectivity index (χ0n) is 11.3. The fourth-order valence-electron chi connectivity index (χ4n) is 1.80. The average Bonchev–Trinajstić information content (AvgIpc) is 2.28. The van der Waals surface area contributed by atoms with Crippen molar-refractivity contribution < 1.29 is 31.1 Å². The van der Waals surface area contributed by atoms with Gasteiger partial charge >= 0.3 is 6.18 Å². The quantitative estimate of drug-likeness (QED) is 0.814. The molecule has 1 rings (SSSR count). The summed E-state index contributed by atoms with van der Waals surface area (Å²) < 4.78 is 76.0. The number of benzene rings is 1. The summed E-state index contributed by atoms with van der Waals surface area (Å²) in [6.45, 7) is 1.66. The normalized spacial score (nSPS) is 14.2. The number of aliphatic hydroxyl groups is 1. The number of rotatable bonds is 5. The minimum atomic E-state index is -4.50. The molecule has 120 valence electrons. The van der Waals surface area contributed by atoms with Crippen LogP contribution in [-0.4, -0.2) is 25.7 Å². The number of halogens is 4. The van der Waals surface area contributed by atoms with Crippen molar-refractivity contribution in [2.75, 3.05) is 0 Å². The molecule has 0 fully saturated rings. The molecule has 0 amide bonds. The van der Waals surface area contributed by atoms with E-state index in [4.69, 9.17) is 5.11 Å². The Balaban J connectivity index is 3.06. The Labute approximate surface area is 119 Å². The molecular weight excluding hydrogens is 314 g/mol. The van der Waals surface area contributed by atoms with Gasteiger partial charge in [-0.2, -0.15) is 13.2 Å². The first-order valence-corrected chi connectivity index (χ1v) is 7.43. The Morgan fingerprint density at radius 3 is 2.38 bits per heavy atom. The number of hydrogen-bond donors (Lipinski definition) is 2. The molecule has 1 aromatic carbocycles. The van der Waals surface area contributed by atoms with E-state index in [1.165, 1.54) is 6.92 Å². The third-order valence-corrected chi connectivity index (χ3v) is 4.25. The number of aliphatic hydroxyl groups excluding tert-OH is 1. The van der Waals surface area contributed by atoms with Gasteiger partial charge < -0.3 is 5.11 Å². The lowest BCUT2D eigenvalue weighted by Gasteiger charge is -2.17. The largest absolute Gasteiger partial charge is 0.392 e. The summed E-state index contributed by atoms with van der Waals surface area (Å²) >= 11 is 0. The van der Waals surface area contributed by atoms with Gasteiger partial charge in [0.1, 0.15) is 5.82 Å². The highest BCUT2D eigenvalue weighted by Gasteiger charge is 2.32. The number of aryl methyl sites for hydroxylation is 1. The molecule has 4 nitrogen and oxygen atoms in total. The first-order valence-electron chi connectivity index (χ1n) is 5.95. The van der Waals surface area contributed by atoms with Crippen LogP contribution in [0.3, 0.4) is 0 Å². The van der Waals surface area contributed by atoms with Gasteiger partial charge in [0, 0.05) is 11.6 Å². The second-order valence-electron chi connectivity index (χ2n) is 4.71. The van der Waals surface area contributed by atoms with E-state index in [0.717, 1.165) is 19.1 Å². The number of sulfonamides is 1. The molecule has 0 aromatic heterocycles. The van der Waals surface area contributed by atoms with Gasteiger partial charge in [0.05, 0.1) is 17.9 Å². The molecule has 0 heterocycles. The maximum absolute atomic E-state index is 13.5. The molecule has 21 heavy (non-hydrogen) atoms. The van der Waals surface area contributed by atoms with Gasteiger partial charge in [-0.25, -0.2) is 17.5 Å². The lowest BCUT2D eigenvalue weighted by atomic mass is 10.1. The maximum atomic E-state index is 13.5.